The van der Waals surface area contributed by atoms with E-state index >= 15 is 0 Å². The molecule has 2 heterocycles. The van der Waals surface area contributed by atoms with Crippen LogP contribution in [0.25, 0.3) is 22.2 Å². The van der Waals surface area contributed by atoms with E-state index in [1.807, 2.05) is 25.2 Å². The first kappa shape index (κ1) is 11.1. The number of benzene rings is 1. The number of nitrogens with zero attached hydrogens (tertiary/aromatic N) is 3. The largest absolute Gasteiger partial charge is 0.295 e. The Morgan fingerprint density at radius 1 is 1.28 bits per heavy atom. The van der Waals surface area contributed by atoms with Crippen LogP contribution in [-0.4, -0.2) is 19.6 Å². The van der Waals surface area contributed by atoms with Gasteiger partial charge in [-0.15, -0.1) is 0 Å². The molecule has 0 aliphatic heterocycles. The van der Waals surface area contributed by atoms with Crippen LogP contribution in [0.3, 0.4) is 0 Å². The van der Waals surface area contributed by atoms with Crippen molar-refractivity contribution >= 4 is 22.5 Å². The lowest BCUT2D eigenvalue weighted by atomic mass is 10.1. The van der Waals surface area contributed by atoms with Gasteiger partial charge in [-0.25, -0.2) is 0 Å². The summed E-state index contributed by atoms with van der Waals surface area (Å²) in [5, 5.41) is 8.54. The van der Waals surface area contributed by atoms with Crippen LogP contribution in [0.15, 0.2) is 29.1 Å². The molecular formula is C12H11ClN4O. The molecule has 3 aromatic rings. The maximum absolute atomic E-state index is 11.4. The van der Waals surface area contributed by atoms with Crippen molar-refractivity contribution in [3.05, 3.63) is 39.8 Å². The molecule has 0 atom stereocenters. The predicted octanol–water partition coefficient (Wildman–Crippen LogP) is 1.92. The van der Waals surface area contributed by atoms with Crippen molar-refractivity contribution in [1.82, 2.24) is 19.6 Å². The summed E-state index contributed by atoms with van der Waals surface area (Å²) in [6, 6.07) is 7.35. The smallest absolute Gasteiger partial charge is 0.266 e. The van der Waals surface area contributed by atoms with Crippen molar-refractivity contribution in [3.8, 4) is 11.3 Å². The highest BCUT2D eigenvalue weighted by atomic mass is 35.5. The number of aromatic amines is 1. The highest BCUT2D eigenvalue weighted by molar-refractivity contribution is 6.34. The third-order valence-corrected chi connectivity index (χ3v) is 3.28. The fourth-order valence-electron chi connectivity index (χ4n) is 2.02. The Bertz CT molecular complexity index is 796. The topological polar surface area (TPSA) is 55.6 Å². The molecule has 92 valence electrons. The lowest BCUT2D eigenvalue weighted by molar-refractivity contribution is 0.742. The molecule has 1 aromatic carbocycles. The van der Waals surface area contributed by atoms with Crippen LogP contribution >= 0.6 is 11.6 Å². The van der Waals surface area contributed by atoms with E-state index in [2.05, 4.69) is 10.2 Å². The van der Waals surface area contributed by atoms with Crippen LogP contribution < -0.4 is 5.56 Å². The minimum absolute atomic E-state index is 0.0619. The maximum atomic E-state index is 11.4. The number of aryl methyl sites for hydroxylation is 2. The highest BCUT2D eigenvalue weighted by Crippen LogP contribution is 2.26. The van der Waals surface area contributed by atoms with Gasteiger partial charge in [0.2, 0.25) is 0 Å². The molecule has 5 nitrogen and oxygen atoms in total. The minimum Gasteiger partial charge on any atom is -0.295 e. The third kappa shape index (κ3) is 1.55. The molecule has 1 N–H and O–H groups in total. The van der Waals surface area contributed by atoms with Crippen molar-refractivity contribution in [2.24, 2.45) is 14.1 Å². The van der Waals surface area contributed by atoms with Gasteiger partial charge in [-0.3, -0.25) is 19.3 Å². The summed E-state index contributed by atoms with van der Waals surface area (Å²) in [6.07, 6.45) is 0. The van der Waals surface area contributed by atoms with Crippen LogP contribution in [0.1, 0.15) is 0 Å². The zero-order chi connectivity index (χ0) is 12.9. The van der Waals surface area contributed by atoms with Crippen molar-refractivity contribution in [2.75, 3.05) is 0 Å². The lowest BCUT2D eigenvalue weighted by Gasteiger charge is -1.99. The van der Waals surface area contributed by atoms with Gasteiger partial charge in [0, 0.05) is 31.1 Å². The lowest BCUT2D eigenvalue weighted by Crippen LogP contribution is -2.09. The van der Waals surface area contributed by atoms with E-state index in [9.17, 15) is 4.79 Å². The fraction of sp³-hybridized carbons (Fsp3) is 0.167. The fourth-order valence-corrected chi connectivity index (χ4v) is 2.29. The molecule has 2 aromatic heterocycles. The average molecular weight is 263 g/mol. The molecule has 0 radical (unpaired) electrons. The monoisotopic (exact) mass is 262 g/mol. The minimum atomic E-state index is -0.0619. The Hall–Kier alpha value is -2.01. The Balaban J connectivity index is 2.24. The first-order valence-electron chi connectivity index (χ1n) is 5.45. The summed E-state index contributed by atoms with van der Waals surface area (Å²) in [5.74, 6) is 0. The molecular weight excluding hydrogens is 252 g/mol. The van der Waals surface area contributed by atoms with Gasteiger partial charge in [-0.05, 0) is 12.1 Å². The zero-order valence-corrected chi connectivity index (χ0v) is 10.7. The van der Waals surface area contributed by atoms with E-state index in [4.69, 9.17) is 11.6 Å². The van der Waals surface area contributed by atoms with Gasteiger partial charge in [-0.1, -0.05) is 17.7 Å². The van der Waals surface area contributed by atoms with Gasteiger partial charge in [0.05, 0.1) is 11.2 Å². The number of nitrogens with one attached hydrogen (secondary N) is 1. The maximum Gasteiger partial charge on any atom is 0.266 e. The summed E-state index contributed by atoms with van der Waals surface area (Å²) in [7, 11) is 3.52. The van der Waals surface area contributed by atoms with E-state index in [-0.39, 0.29) is 5.56 Å². The first-order valence-corrected chi connectivity index (χ1v) is 5.83. The predicted molar refractivity (Wildman–Crippen MR) is 70.8 cm³/mol. The molecule has 0 saturated heterocycles. The van der Waals surface area contributed by atoms with Crippen molar-refractivity contribution in [2.45, 2.75) is 0 Å². The van der Waals surface area contributed by atoms with Crippen molar-refractivity contribution < 1.29 is 0 Å². The number of rotatable bonds is 1. The summed E-state index contributed by atoms with van der Waals surface area (Å²) >= 11 is 6.01. The van der Waals surface area contributed by atoms with Gasteiger partial charge in [-0.2, -0.15) is 5.10 Å². The molecule has 0 spiro atoms. The average Bonchev–Trinajstić information content (AvgIpc) is 2.81. The van der Waals surface area contributed by atoms with Gasteiger partial charge in [0.1, 0.15) is 0 Å². The van der Waals surface area contributed by atoms with Gasteiger partial charge in [0.15, 0.2) is 5.15 Å². The molecule has 0 aliphatic carbocycles. The molecule has 0 saturated carbocycles. The Morgan fingerprint density at radius 3 is 2.72 bits per heavy atom. The SMILES string of the molecule is Cn1[nH]c(-c2ccc3c(Cl)nn(C)c3c2)cc1=O. The van der Waals surface area contributed by atoms with Gasteiger partial charge in [0.25, 0.3) is 5.56 Å². The van der Waals surface area contributed by atoms with Crippen LogP contribution in [0.5, 0.6) is 0 Å². The van der Waals surface area contributed by atoms with E-state index in [1.165, 1.54) is 4.68 Å². The van der Waals surface area contributed by atoms with Crippen molar-refractivity contribution in [1.29, 1.82) is 0 Å². The van der Waals surface area contributed by atoms with Crippen LogP contribution in [0, 0.1) is 0 Å². The number of hydrogen-bond acceptors (Lipinski definition) is 2. The molecule has 0 fully saturated rings. The van der Waals surface area contributed by atoms with E-state index in [0.29, 0.717) is 5.15 Å². The van der Waals surface area contributed by atoms with Gasteiger partial charge >= 0.3 is 0 Å². The van der Waals surface area contributed by atoms with Crippen LogP contribution in [0.2, 0.25) is 5.15 Å². The summed E-state index contributed by atoms with van der Waals surface area (Å²) in [5.41, 5.74) is 2.58. The first-order chi connectivity index (χ1) is 8.56. The third-order valence-electron chi connectivity index (χ3n) is 3.00. The van der Waals surface area contributed by atoms with E-state index in [0.717, 1.165) is 22.2 Å². The molecule has 6 heteroatoms. The second-order valence-corrected chi connectivity index (χ2v) is 4.57. The molecule has 18 heavy (non-hydrogen) atoms. The quantitative estimate of drug-likeness (QED) is 0.728. The highest BCUT2D eigenvalue weighted by Gasteiger charge is 2.09. The van der Waals surface area contributed by atoms with Crippen molar-refractivity contribution in [3.63, 3.8) is 0 Å². The number of halogens is 1. The normalized spacial score (nSPS) is 11.3. The van der Waals surface area contributed by atoms with E-state index in [1.54, 1.807) is 17.8 Å². The summed E-state index contributed by atoms with van der Waals surface area (Å²) < 4.78 is 3.16. The van der Waals surface area contributed by atoms with Crippen LogP contribution in [0.4, 0.5) is 0 Å². The number of aromatic nitrogens is 4. The second-order valence-electron chi connectivity index (χ2n) is 4.21. The number of hydrogen-bond donors (Lipinski definition) is 1. The zero-order valence-electron chi connectivity index (χ0n) is 9.94. The summed E-state index contributed by atoms with van der Waals surface area (Å²) in [4.78, 5) is 11.4. The summed E-state index contributed by atoms with van der Waals surface area (Å²) in [6.45, 7) is 0. The Morgan fingerprint density at radius 2 is 2.06 bits per heavy atom. The Labute approximate surface area is 108 Å². The van der Waals surface area contributed by atoms with Gasteiger partial charge < -0.3 is 0 Å². The van der Waals surface area contributed by atoms with E-state index < -0.39 is 0 Å². The Kier molecular flexibility index (Phi) is 2.31. The molecule has 0 aliphatic rings. The molecule has 3 rings (SSSR count). The molecule has 0 unspecified atom stereocenters. The molecule has 0 amide bonds. The second kappa shape index (κ2) is 3.74. The standard InChI is InChI=1S/C12H11ClN4O/c1-16-10-5-7(3-4-8(10)12(13)15-16)9-6-11(18)17(2)14-9/h3-6,14H,1-2H3. The molecule has 0 bridgehead atoms. The van der Waals surface area contributed by atoms with Crippen LogP contribution in [-0.2, 0) is 14.1 Å². The number of fused-ring (bicyclic) bond motifs is 1. The number of H-pyrrole nitrogens is 1.